The van der Waals surface area contributed by atoms with Gasteiger partial charge in [-0.2, -0.15) is 13.2 Å². The summed E-state index contributed by atoms with van der Waals surface area (Å²) in [6.07, 6.45) is -3.88. The van der Waals surface area contributed by atoms with Crippen LogP contribution in [0.5, 0.6) is 0 Å². The van der Waals surface area contributed by atoms with Gasteiger partial charge >= 0.3 is 6.18 Å². The van der Waals surface area contributed by atoms with E-state index in [0.717, 1.165) is 0 Å². The Labute approximate surface area is 105 Å². The maximum atomic E-state index is 12.2. The van der Waals surface area contributed by atoms with E-state index in [1.54, 1.807) is 0 Å². The van der Waals surface area contributed by atoms with Gasteiger partial charge in [0.1, 0.15) is 0 Å². The summed E-state index contributed by atoms with van der Waals surface area (Å²) in [6, 6.07) is 0. The molecule has 4 nitrogen and oxygen atoms in total. The number of ether oxygens (including phenoxy) is 1. The van der Waals surface area contributed by atoms with Crippen molar-refractivity contribution in [2.75, 3.05) is 25.6 Å². The largest absolute Gasteiger partial charge is 0.445 e. The van der Waals surface area contributed by atoms with Crippen molar-refractivity contribution in [1.29, 1.82) is 0 Å². The van der Waals surface area contributed by atoms with Gasteiger partial charge in [-0.1, -0.05) is 11.3 Å². The van der Waals surface area contributed by atoms with Gasteiger partial charge in [-0.15, -0.1) is 21.8 Å². The Kier molecular flexibility index (Phi) is 5.41. The van der Waals surface area contributed by atoms with Crippen LogP contribution in [0.2, 0.25) is 0 Å². The van der Waals surface area contributed by atoms with Gasteiger partial charge in [-0.3, -0.25) is 0 Å². The maximum absolute atomic E-state index is 12.2. The van der Waals surface area contributed by atoms with Crippen LogP contribution in [0.4, 0.5) is 18.3 Å². The van der Waals surface area contributed by atoms with Crippen molar-refractivity contribution in [2.45, 2.75) is 18.0 Å². The molecule has 1 N–H and O–H groups in total. The number of halogens is 4. The topological polar surface area (TPSA) is 47.0 Å². The van der Waals surface area contributed by atoms with Crippen LogP contribution in [0.3, 0.4) is 0 Å². The molecule has 0 aromatic carbocycles. The molecule has 0 saturated carbocycles. The number of aromatic nitrogens is 2. The summed E-state index contributed by atoms with van der Waals surface area (Å²) in [7, 11) is 1.53. The molecule has 0 fully saturated rings. The predicted octanol–water partition coefficient (Wildman–Crippen LogP) is 2.61. The molecule has 1 heterocycles. The van der Waals surface area contributed by atoms with Crippen LogP contribution in [0.15, 0.2) is 0 Å². The fraction of sp³-hybridized carbons (Fsp3) is 0.750. The van der Waals surface area contributed by atoms with Crippen LogP contribution in [-0.2, 0) is 10.9 Å². The lowest BCUT2D eigenvalue weighted by molar-refractivity contribution is -0.138. The average molecular weight is 290 g/mol. The lowest BCUT2D eigenvalue weighted by atomic mass is 10.3. The van der Waals surface area contributed by atoms with E-state index in [1.165, 1.54) is 7.11 Å². The Morgan fingerprint density at radius 1 is 1.47 bits per heavy atom. The molecule has 1 atom stereocenters. The molecule has 9 heteroatoms. The van der Waals surface area contributed by atoms with E-state index in [9.17, 15) is 13.2 Å². The predicted molar refractivity (Wildman–Crippen MR) is 59.5 cm³/mol. The Morgan fingerprint density at radius 3 is 2.71 bits per heavy atom. The fourth-order valence-electron chi connectivity index (χ4n) is 1.01. The van der Waals surface area contributed by atoms with Crippen molar-refractivity contribution in [2.24, 2.45) is 0 Å². The zero-order valence-corrected chi connectivity index (χ0v) is 10.5. The lowest BCUT2D eigenvalue weighted by Crippen LogP contribution is -2.13. The van der Waals surface area contributed by atoms with E-state index in [1.807, 2.05) is 0 Å². The highest BCUT2D eigenvalue weighted by atomic mass is 35.5. The fourth-order valence-corrected chi connectivity index (χ4v) is 1.88. The highest BCUT2D eigenvalue weighted by Crippen LogP contribution is 2.32. The van der Waals surface area contributed by atoms with Gasteiger partial charge in [-0.25, -0.2) is 0 Å². The molecule has 1 aromatic rings. The minimum atomic E-state index is -4.44. The van der Waals surface area contributed by atoms with Crippen LogP contribution in [0.25, 0.3) is 0 Å². The normalized spacial score (nSPS) is 13.7. The van der Waals surface area contributed by atoms with Crippen LogP contribution in [0, 0.1) is 0 Å². The highest BCUT2D eigenvalue weighted by molar-refractivity contribution is 7.15. The first-order valence-electron chi connectivity index (χ1n) is 4.71. The standard InChI is InChI=1S/C8H11ClF3N3OS/c1-16-4-5(9)2-3-13-7-15-14-6(17-7)8(10,11)12/h5H,2-4H2,1H3,(H,13,15). The van der Waals surface area contributed by atoms with E-state index in [4.69, 9.17) is 16.3 Å². The molecule has 0 saturated heterocycles. The second kappa shape index (κ2) is 6.36. The SMILES string of the molecule is COCC(Cl)CCNc1nnc(C(F)(F)F)s1. The molecule has 0 amide bonds. The third kappa shape index (κ3) is 5.05. The molecule has 0 aliphatic carbocycles. The average Bonchev–Trinajstić information content (AvgIpc) is 2.66. The quantitative estimate of drug-likeness (QED) is 0.818. The number of hydrogen-bond acceptors (Lipinski definition) is 5. The number of nitrogens with zero attached hydrogens (tertiary/aromatic N) is 2. The summed E-state index contributed by atoms with van der Waals surface area (Å²) in [6.45, 7) is 0.817. The van der Waals surface area contributed by atoms with Gasteiger partial charge in [0.25, 0.3) is 0 Å². The number of methoxy groups -OCH3 is 1. The van der Waals surface area contributed by atoms with Gasteiger partial charge in [0.15, 0.2) is 0 Å². The molecule has 0 spiro atoms. The summed E-state index contributed by atoms with van der Waals surface area (Å²) >= 11 is 6.32. The molecule has 98 valence electrons. The van der Waals surface area contributed by atoms with Crippen molar-refractivity contribution in [1.82, 2.24) is 10.2 Å². The monoisotopic (exact) mass is 289 g/mol. The first kappa shape index (κ1) is 14.5. The first-order valence-corrected chi connectivity index (χ1v) is 5.96. The minimum Gasteiger partial charge on any atom is -0.383 e. The van der Waals surface area contributed by atoms with Crippen molar-refractivity contribution >= 4 is 28.1 Å². The minimum absolute atomic E-state index is 0.138. The van der Waals surface area contributed by atoms with E-state index < -0.39 is 11.2 Å². The molecule has 1 aromatic heterocycles. The second-order valence-electron chi connectivity index (χ2n) is 3.18. The highest BCUT2D eigenvalue weighted by Gasteiger charge is 2.35. The molecule has 0 bridgehead atoms. The van der Waals surface area contributed by atoms with Crippen molar-refractivity contribution < 1.29 is 17.9 Å². The third-order valence-corrected chi connectivity index (χ3v) is 3.02. The van der Waals surface area contributed by atoms with E-state index in [-0.39, 0.29) is 10.5 Å². The second-order valence-corrected chi connectivity index (χ2v) is 4.77. The van der Waals surface area contributed by atoms with Gasteiger partial charge < -0.3 is 10.1 Å². The molecular weight excluding hydrogens is 279 g/mol. The van der Waals surface area contributed by atoms with Crippen LogP contribution in [0.1, 0.15) is 11.4 Å². The van der Waals surface area contributed by atoms with Crippen LogP contribution < -0.4 is 5.32 Å². The van der Waals surface area contributed by atoms with Crippen molar-refractivity contribution in [3.05, 3.63) is 5.01 Å². The van der Waals surface area contributed by atoms with Gasteiger partial charge in [-0.05, 0) is 6.42 Å². The number of hydrogen-bond donors (Lipinski definition) is 1. The molecule has 0 aliphatic heterocycles. The Bertz CT molecular complexity index is 347. The summed E-state index contributed by atoms with van der Waals surface area (Å²) in [5.74, 6) is 0. The summed E-state index contributed by atoms with van der Waals surface area (Å²) in [5, 5.41) is 8.17. The molecular formula is C8H11ClF3N3OS. The van der Waals surface area contributed by atoms with Crippen LogP contribution in [-0.4, -0.2) is 35.8 Å². The van der Waals surface area contributed by atoms with Gasteiger partial charge in [0.05, 0.1) is 12.0 Å². The number of rotatable bonds is 6. The third-order valence-electron chi connectivity index (χ3n) is 1.75. The van der Waals surface area contributed by atoms with Crippen LogP contribution >= 0.6 is 22.9 Å². The van der Waals surface area contributed by atoms with Crippen molar-refractivity contribution in [3.63, 3.8) is 0 Å². The Hall–Kier alpha value is -0.600. The Morgan fingerprint density at radius 2 is 2.18 bits per heavy atom. The van der Waals surface area contributed by atoms with E-state index in [0.29, 0.717) is 30.9 Å². The summed E-state index contributed by atoms with van der Waals surface area (Å²) in [5.41, 5.74) is 0. The summed E-state index contributed by atoms with van der Waals surface area (Å²) < 4.78 is 41.4. The molecule has 1 rings (SSSR count). The smallest absolute Gasteiger partial charge is 0.383 e. The molecule has 17 heavy (non-hydrogen) atoms. The molecule has 0 radical (unpaired) electrons. The maximum Gasteiger partial charge on any atom is 0.445 e. The number of anilines is 1. The van der Waals surface area contributed by atoms with Gasteiger partial charge in [0, 0.05) is 13.7 Å². The van der Waals surface area contributed by atoms with E-state index >= 15 is 0 Å². The number of alkyl halides is 4. The molecule has 0 aliphatic rings. The lowest BCUT2D eigenvalue weighted by Gasteiger charge is -2.07. The summed E-state index contributed by atoms with van der Waals surface area (Å²) in [4.78, 5) is 0. The molecule has 1 unspecified atom stereocenters. The Balaban J connectivity index is 2.35. The van der Waals surface area contributed by atoms with Crippen molar-refractivity contribution in [3.8, 4) is 0 Å². The van der Waals surface area contributed by atoms with Gasteiger partial charge in [0.2, 0.25) is 10.1 Å². The van der Waals surface area contributed by atoms with E-state index in [2.05, 4.69) is 15.5 Å². The zero-order chi connectivity index (χ0) is 12.9. The zero-order valence-electron chi connectivity index (χ0n) is 8.92. The number of nitrogens with one attached hydrogen (secondary N) is 1. The first-order chi connectivity index (χ1) is 7.93.